The standard InChI is InChI=1S/C20H21ClN4OS/c1-4-25-18(15-10-6-5-9-13(15)2)23-24-20(25)27-14(3)19(26)22-17-12-8-7-11-16(17)21/h5-12,14H,4H2,1-3H3,(H,22,26)/t14-/m0/s1. The van der Waals surface area contributed by atoms with Gasteiger partial charge in [-0.25, -0.2) is 0 Å². The lowest BCUT2D eigenvalue weighted by molar-refractivity contribution is -0.115. The molecular weight excluding hydrogens is 380 g/mol. The molecule has 0 radical (unpaired) electrons. The van der Waals surface area contributed by atoms with Gasteiger partial charge in [-0.1, -0.05) is 59.8 Å². The van der Waals surface area contributed by atoms with E-state index in [0.29, 0.717) is 10.7 Å². The summed E-state index contributed by atoms with van der Waals surface area (Å²) in [7, 11) is 0. The molecule has 5 nitrogen and oxygen atoms in total. The summed E-state index contributed by atoms with van der Waals surface area (Å²) in [6, 6.07) is 15.3. The highest BCUT2D eigenvalue weighted by Gasteiger charge is 2.21. The fourth-order valence-electron chi connectivity index (χ4n) is 2.69. The van der Waals surface area contributed by atoms with Gasteiger partial charge in [0.2, 0.25) is 5.91 Å². The van der Waals surface area contributed by atoms with Gasteiger partial charge >= 0.3 is 0 Å². The van der Waals surface area contributed by atoms with E-state index < -0.39 is 0 Å². The molecular formula is C20H21ClN4OS. The second-order valence-corrected chi connectivity index (χ2v) is 7.81. The van der Waals surface area contributed by atoms with Crippen LogP contribution in [0.25, 0.3) is 11.4 Å². The Balaban J connectivity index is 1.78. The molecule has 1 amide bonds. The van der Waals surface area contributed by atoms with Crippen molar-refractivity contribution in [3.05, 3.63) is 59.1 Å². The van der Waals surface area contributed by atoms with Crippen LogP contribution in [0.3, 0.4) is 0 Å². The van der Waals surface area contributed by atoms with E-state index in [1.54, 1.807) is 12.1 Å². The van der Waals surface area contributed by atoms with Crippen LogP contribution in [0.2, 0.25) is 5.02 Å². The molecule has 0 fully saturated rings. The normalized spacial score (nSPS) is 12.0. The number of nitrogens with zero attached hydrogens (tertiary/aromatic N) is 3. The lowest BCUT2D eigenvalue weighted by atomic mass is 10.1. The van der Waals surface area contributed by atoms with E-state index in [4.69, 9.17) is 11.6 Å². The Morgan fingerprint density at radius 3 is 2.59 bits per heavy atom. The molecule has 2 aromatic carbocycles. The number of halogens is 1. The van der Waals surface area contributed by atoms with Crippen LogP contribution >= 0.6 is 23.4 Å². The number of benzene rings is 2. The first-order valence-corrected chi connectivity index (χ1v) is 9.98. The number of hydrogen-bond donors (Lipinski definition) is 1. The topological polar surface area (TPSA) is 59.8 Å². The Kier molecular flexibility index (Phi) is 6.19. The molecule has 0 unspecified atom stereocenters. The minimum absolute atomic E-state index is 0.129. The van der Waals surface area contributed by atoms with Crippen LogP contribution in [0.1, 0.15) is 19.4 Å². The largest absolute Gasteiger partial charge is 0.324 e. The van der Waals surface area contributed by atoms with Gasteiger partial charge in [0.05, 0.1) is 16.0 Å². The third kappa shape index (κ3) is 4.34. The van der Waals surface area contributed by atoms with E-state index in [1.165, 1.54) is 11.8 Å². The van der Waals surface area contributed by atoms with Gasteiger partial charge in [0.1, 0.15) is 0 Å². The predicted octanol–water partition coefficient (Wildman–Crippen LogP) is 5.05. The molecule has 0 aliphatic rings. The van der Waals surface area contributed by atoms with Crippen molar-refractivity contribution in [3.63, 3.8) is 0 Å². The molecule has 1 atom stereocenters. The molecule has 0 saturated carbocycles. The molecule has 3 rings (SSSR count). The maximum absolute atomic E-state index is 12.6. The van der Waals surface area contributed by atoms with E-state index in [1.807, 2.05) is 48.7 Å². The summed E-state index contributed by atoms with van der Waals surface area (Å²) in [5.41, 5.74) is 2.79. The first-order valence-electron chi connectivity index (χ1n) is 8.72. The summed E-state index contributed by atoms with van der Waals surface area (Å²) in [5, 5.41) is 12.4. The Labute approximate surface area is 168 Å². The fraction of sp³-hybridized carbons (Fsp3) is 0.250. The molecule has 1 heterocycles. The summed E-state index contributed by atoms with van der Waals surface area (Å²) in [4.78, 5) is 12.6. The highest BCUT2D eigenvalue weighted by Crippen LogP contribution is 2.29. The number of amides is 1. The number of thioether (sulfide) groups is 1. The number of hydrogen-bond acceptors (Lipinski definition) is 4. The second kappa shape index (κ2) is 8.59. The number of rotatable bonds is 6. The first-order chi connectivity index (χ1) is 13.0. The maximum Gasteiger partial charge on any atom is 0.237 e. The van der Waals surface area contributed by atoms with Crippen molar-refractivity contribution < 1.29 is 4.79 Å². The molecule has 0 bridgehead atoms. The highest BCUT2D eigenvalue weighted by atomic mass is 35.5. The van der Waals surface area contributed by atoms with Gasteiger partial charge in [0, 0.05) is 12.1 Å². The van der Waals surface area contributed by atoms with Gasteiger partial charge in [0.25, 0.3) is 0 Å². The third-order valence-corrected chi connectivity index (χ3v) is 5.61. The molecule has 7 heteroatoms. The van der Waals surface area contributed by atoms with Gasteiger partial charge in [-0.2, -0.15) is 0 Å². The van der Waals surface area contributed by atoms with Crippen molar-refractivity contribution in [1.29, 1.82) is 0 Å². The number of para-hydroxylation sites is 1. The summed E-state index contributed by atoms with van der Waals surface area (Å²) >= 11 is 7.50. The molecule has 3 aromatic rings. The molecule has 0 saturated heterocycles. The number of nitrogens with one attached hydrogen (secondary N) is 1. The van der Waals surface area contributed by atoms with Crippen LogP contribution in [0.15, 0.2) is 53.7 Å². The lowest BCUT2D eigenvalue weighted by Gasteiger charge is -2.14. The summed E-state index contributed by atoms with van der Waals surface area (Å²) in [6.45, 7) is 6.66. The number of anilines is 1. The van der Waals surface area contributed by atoms with Crippen LogP contribution in [0, 0.1) is 6.92 Å². The summed E-state index contributed by atoms with van der Waals surface area (Å²) in [6.07, 6.45) is 0. The summed E-state index contributed by atoms with van der Waals surface area (Å²) in [5.74, 6) is 0.688. The third-order valence-electron chi connectivity index (χ3n) is 4.20. The predicted molar refractivity (Wildman–Crippen MR) is 111 cm³/mol. The molecule has 1 aromatic heterocycles. The van der Waals surface area contributed by atoms with Crippen molar-refractivity contribution in [2.24, 2.45) is 0 Å². The lowest BCUT2D eigenvalue weighted by Crippen LogP contribution is -2.23. The number of aromatic nitrogens is 3. The summed E-state index contributed by atoms with van der Waals surface area (Å²) < 4.78 is 2.03. The van der Waals surface area contributed by atoms with E-state index in [2.05, 4.69) is 28.5 Å². The highest BCUT2D eigenvalue weighted by molar-refractivity contribution is 8.00. The monoisotopic (exact) mass is 400 g/mol. The molecule has 140 valence electrons. The molecule has 1 N–H and O–H groups in total. The number of carbonyl (C=O) groups is 1. The van der Waals surface area contributed by atoms with Crippen LogP contribution in [-0.2, 0) is 11.3 Å². The smallest absolute Gasteiger partial charge is 0.237 e. The van der Waals surface area contributed by atoms with Gasteiger partial charge in [-0.15, -0.1) is 10.2 Å². The van der Waals surface area contributed by atoms with Gasteiger partial charge in [0.15, 0.2) is 11.0 Å². The van der Waals surface area contributed by atoms with Crippen LogP contribution in [0.4, 0.5) is 5.69 Å². The minimum atomic E-state index is -0.347. The Morgan fingerprint density at radius 1 is 1.19 bits per heavy atom. The van der Waals surface area contributed by atoms with E-state index in [-0.39, 0.29) is 11.2 Å². The zero-order chi connectivity index (χ0) is 19.4. The van der Waals surface area contributed by atoms with E-state index in [9.17, 15) is 4.79 Å². The van der Waals surface area contributed by atoms with Crippen LogP contribution in [0.5, 0.6) is 0 Å². The Hall–Kier alpha value is -2.31. The van der Waals surface area contributed by atoms with Crippen LogP contribution in [-0.4, -0.2) is 25.9 Å². The molecule has 0 spiro atoms. The fourth-order valence-corrected chi connectivity index (χ4v) is 3.79. The Bertz CT molecular complexity index is 957. The van der Waals surface area contributed by atoms with E-state index in [0.717, 1.165) is 28.7 Å². The molecule has 27 heavy (non-hydrogen) atoms. The van der Waals surface area contributed by atoms with Crippen molar-refractivity contribution in [3.8, 4) is 11.4 Å². The SMILES string of the molecule is CCn1c(S[C@@H](C)C(=O)Nc2ccccc2Cl)nnc1-c1ccccc1C. The van der Waals surface area contributed by atoms with Crippen molar-refractivity contribution in [2.75, 3.05) is 5.32 Å². The van der Waals surface area contributed by atoms with Crippen molar-refractivity contribution in [2.45, 2.75) is 37.7 Å². The number of carbonyl (C=O) groups excluding carboxylic acids is 1. The zero-order valence-corrected chi connectivity index (χ0v) is 17.0. The van der Waals surface area contributed by atoms with E-state index >= 15 is 0 Å². The van der Waals surface area contributed by atoms with Crippen molar-refractivity contribution >= 4 is 35.0 Å². The van der Waals surface area contributed by atoms with Crippen LogP contribution < -0.4 is 5.32 Å². The average molecular weight is 401 g/mol. The Morgan fingerprint density at radius 2 is 1.89 bits per heavy atom. The van der Waals surface area contributed by atoms with Crippen molar-refractivity contribution in [1.82, 2.24) is 14.8 Å². The maximum atomic E-state index is 12.6. The van der Waals surface area contributed by atoms with Gasteiger partial charge in [-0.05, 0) is 38.5 Å². The first kappa shape index (κ1) is 19.5. The minimum Gasteiger partial charge on any atom is -0.324 e. The average Bonchev–Trinajstić information content (AvgIpc) is 3.06. The zero-order valence-electron chi connectivity index (χ0n) is 15.4. The molecule has 0 aliphatic carbocycles. The van der Waals surface area contributed by atoms with Gasteiger partial charge < -0.3 is 9.88 Å². The second-order valence-electron chi connectivity index (χ2n) is 6.09. The quantitative estimate of drug-likeness (QED) is 0.588. The van der Waals surface area contributed by atoms with Gasteiger partial charge in [-0.3, -0.25) is 4.79 Å². The number of aryl methyl sites for hydroxylation is 1. The molecule has 0 aliphatic heterocycles.